The van der Waals surface area contributed by atoms with E-state index >= 15 is 0 Å². The predicted octanol–water partition coefficient (Wildman–Crippen LogP) is 4.27. The molecule has 0 aliphatic heterocycles. The molecule has 1 unspecified atom stereocenters. The van der Waals surface area contributed by atoms with Gasteiger partial charge in [0.05, 0.1) is 0 Å². The van der Waals surface area contributed by atoms with E-state index in [-0.39, 0.29) is 0 Å². The van der Waals surface area contributed by atoms with E-state index in [4.69, 9.17) is 0 Å². The Morgan fingerprint density at radius 2 is 2.00 bits per heavy atom. The quantitative estimate of drug-likeness (QED) is 0.639. The molecule has 68 valence electrons. The lowest BCUT2D eigenvalue weighted by atomic mass is 9.88. The minimum absolute atomic E-state index is 0.723. The zero-order valence-electron chi connectivity index (χ0n) is 7.54. The summed E-state index contributed by atoms with van der Waals surface area (Å²) in [6, 6.07) is 8.56. The molecule has 2 rings (SSSR count). The zero-order chi connectivity index (χ0) is 9.10. The summed E-state index contributed by atoms with van der Waals surface area (Å²) >= 11 is 3.61. The van der Waals surface area contributed by atoms with Gasteiger partial charge in [-0.15, -0.1) is 0 Å². The maximum absolute atomic E-state index is 3.61. The molecule has 0 fully saturated rings. The highest BCUT2D eigenvalue weighted by Gasteiger charge is 2.13. The fraction of sp³-hybridized carbons (Fsp3) is 0.333. The molecule has 1 aliphatic rings. The van der Waals surface area contributed by atoms with E-state index in [1.54, 1.807) is 0 Å². The highest BCUT2D eigenvalue weighted by Crippen LogP contribution is 2.33. The summed E-state index contributed by atoms with van der Waals surface area (Å²) in [4.78, 5) is 0. The Balaban J connectivity index is 2.24. The predicted molar refractivity (Wildman–Crippen MR) is 59.9 cm³/mol. The van der Waals surface area contributed by atoms with Crippen LogP contribution in [-0.2, 0) is 0 Å². The lowest BCUT2D eigenvalue weighted by Crippen LogP contribution is -2.01. The number of hydrogen-bond donors (Lipinski definition) is 0. The standard InChI is InChI=1S/C12H13Br/c13-12-9-5-4-8-11(12)10-6-2-1-3-7-10/h1-2,4-5,8-10H,3,6-7H2. The van der Waals surface area contributed by atoms with E-state index in [9.17, 15) is 0 Å². The Kier molecular flexibility index (Phi) is 2.84. The van der Waals surface area contributed by atoms with Crippen LogP contribution in [0.15, 0.2) is 40.9 Å². The van der Waals surface area contributed by atoms with Crippen LogP contribution in [0.25, 0.3) is 0 Å². The monoisotopic (exact) mass is 236 g/mol. The van der Waals surface area contributed by atoms with Crippen molar-refractivity contribution in [2.75, 3.05) is 0 Å². The van der Waals surface area contributed by atoms with E-state index < -0.39 is 0 Å². The Morgan fingerprint density at radius 3 is 2.69 bits per heavy atom. The van der Waals surface area contributed by atoms with Crippen LogP contribution >= 0.6 is 15.9 Å². The second-order valence-corrected chi connectivity index (χ2v) is 4.36. The molecule has 0 heterocycles. The van der Waals surface area contributed by atoms with Crippen molar-refractivity contribution >= 4 is 15.9 Å². The smallest absolute Gasteiger partial charge is 0.0210 e. The number of rotatable bonds is 1. The van der Waals surface area contributed by atoms with Gasteiger partial charge in [0.15, 0.2) is 0 Å². The maximum Gasteiger partial charge on any atom is 0.0210 e. The Bertz CT molecular complexity index is 315. The van der Waals surface area contributed by atoms with Crippen LogP contribution in [0.3, 0.4) is 0 Å². The average Bonchev–Trinajstić information content (AvgIpc) is 2.20. The highest BCUT2D eigenvalue weighted by atomic mass is 79.9. The van der Waals surface area contributed by atoms with Gasteiger partial charge in [0.25, 0.3) is 0 Å². The zero-order valence-corrected chi connectivity index (χ0v) is 9.13. The van der Waals surface area contributed by atoms with Gasteiger partial charge in [-0.25, -0.2) is 0 Å². The Labute approximate surface area is 87.8 Å². The van der Waals surface area contributed by atoms with Crippen molar-refractivity contribution in [3.05, 3.63) is 46.5 Å². The lowest BCUT2D eigenvalue weighted by molar-refractivity contribution is 0.615. The number of hydrogen-bond acceptors (Lipinski definition) is 0. The Hall–Kier alpha value is -0.560. The van der Waals surface area contributed by atoms with Crippen molar-refractivity contribution in [3.8, 4) is 0 Å². The van der Waals surface area contributed by atoms with E-state index in [0.29, 0.717) is 0 Å². The van der Waals surface area contributed by atoms with Gasteiger partial charge in [-0.05, 0) is 36.8 Å². The Morgan fingerprint density at radius 1 is 1.15 bits per heavy atom. The maximum atomic E-state index is 3.61. The SMILES string of the molecule is Brc1ccccc1C1CC=CCC1. The molecule has 0 saturated heterocycles. The second-order valence-electron chi connectivity index (χ2n) is 3.50. The molecule has 1 atom stereocenters. The first-order chi connectivity index (χ1) is 6.38. The van der Waals surface area contributed by atoms with Crippen molar-refractivity contribution in [2.24, 2.45) is 0 Å². The molecular weight excluding hydrogens is 224 g/mol. The molecule has 1 aromatic carbocycles. The number of halogens is 1. The summed E-state index contributed by atoms with van der Waals surface area (Å²) in [6.45, 7) is 0. The molecule has 0 radical (unpaired) electrons. The highest BCUT2D eigenvalue weighted by molar-refractivity contribution is 9.10. The first kappa shape index (κ1) is 9.01. The fourth-order valence-electron chi connectivity index (χ4n) is 1.88. The molecule has 13 heavy (non-hydrogen) atoms. The van der Waals surface area contributed by atoms with Gasteiger partial charge >= 0.3 is 0 Å². The minimum Gasteiger partial charge on any atom is -0.0885 e. The first-order valence-electron chi connectivity index (χ1n) is 4.77. The molecule has 0 aromatic heterocycles. The van der Waals surface area contributed by atoms with E-state index in [1.807, 2.05) is 0 Å². The third-order valence-corrected chi connectivity index (χ3v) is 3.34. The summed E-state index contributed by atoms with van der Waals surface area (Å²) in [5, 5.41) is 0. The van der Waals surface area contributed by atoms with Crippen LogP contribution < -0.4 is 0 Å². The van der Waals surface area contributed by atoms with Crippen molar-refractivity contribution in [1.29, 1.82) is 0 Å². The van der Waals surface area contributed by atoms with E-state index in [1.165, 1.54) is 29.3 Å². The fourth-order valence-corrected chi connectivity index (χ4v) is 2.49. The van der Waals surface area contributed by atoms with Gasteiger partial charge < -0.3 is 0 Å². The molecule has 0 bridgehead atoms. The average molecular weight is 237 g/mol. The third-order valence-electron chi connectivity index (χ3n) is 2.61. The van der Waals surface area contributed by atoms with Gasteiger partial charge in [0, 0.05) is 4.47 Å². The molecular formula is C12H13Br. The normalized spacial score (nSPS) is 21.8. The molecule has 0 spiro atoms. The van der Waals surface area contributed by atoms with Crippen LogP contribution in [0.1, 0.15) is 30.7 Å². The van der Waals surface area contributed by atoms with Gasteiger partial charge in [-0.1, -0.05) is 46.3 Å². The van der Waals surface area contributed by atoms with Crippen LogP contribution in [0.5, 0.6) is 0 Å². The lowest BCUT2D eigenvalue weighted by Gasteiger charge is -2.19. The van der Waals surface area contributed by atoms with Gasteiger partial charge in [0.2, 0.25) is 0 Å². The topological polar surface area (TPSA) is 0 Å². The van der Waals surface area contributed by atoms with E-state index in [2.05, 4.69) is 52.3 Å². The first-order valence-corrected chi connectivity index (χ1v) is 5.56. The third kappa shape index (κ3) is 2.02. The van der Waals surface area contributed by atoms with Crippen LogP contribution in [0.2, 0.25) is 0 Å². The number of benzene rings is 1. The largest absolute Gasteiger partial charge is 0.0885 e. The summed E-state index contributed by atoms with van der Waals surface area (Å²) in [5.41, 5.74) is 1.46. The minimum atomic E-state index is 0.723. The van der Waals surface area contributed by atoms with Crippen molar-refractivity contribution < 1.29 is 0 Å². The van der Waals surface area contributed by atoms with Crippen molar-refractivity contribution in [1.82, 2.24) is 0 Å². The second kappa shape index (κ2) is 4.10. The van der Waals surface area contributed by atoms with Crippen LogP contribution in [0.4, 0.5) is 0 Å². The van der Waals surface area contributed by atoms with Gasteiger partial charge in [0.1, 0.15) is 0 Å². The molecule has 0 saturated carbocycles. The number of allylic oxidation sites excluding steroid dienone is 2. The van der Waals surface area contributed by atoms with E-state index in [0.717, 1.165) is 5.92 Å². The molecule has 1 aromatic rings. The summed E-state index contributed by atoms with van der Waals surface area (Å²) in [5.74, 6) is 0.723. The summed E-state index contributed by atoms with van der Waals surface area (Å²) < 4.78 is 1.26. The summed E-state index contributed by atoms with van der Waals surface area (Å²) in [6.07, 6.45) is 8.30. The van der Waals surface area contributed by atoms with Gasteiger partial charge in [-0.2, -0.15) is 0 Å². The van der Waals surface area contributed by atoms with Crippen molar-refractivity contribution in [3.63, 3.8) is 0 Å². The molecule has 0 N–H and O–H groups in total. The molecule has 0 amide bonds. The molecule has 1 heteroatoms. The summed E-state index contributed by atoms with van der Waals surface area (Å²) in [7, 11) is 0. The van der Waals surface area contributed by atoms with Crippen molar-refractivity contribution in [2.45, 2.75) is 25.2 Å². The van der Waals surface area contributed by atoms with Crippen LogP contribution in [-0.4, -0.2) is 0 Å². The molecule has 1 aliphatic carbocycles. The molecule has 0 nitrogen and oxygen atoms in total. The van der Waals surface area contributed by atoms with Gasteiger partial charge in [-0.3, -0.25) is 0 Å². The van der Waals surface area contributed by atoms with Crippen LogP contribution in [0, 0.1) is 0 Å².